The topological polar surface area (TPSA) is 0 Å². The van der Waals surface area contributed by atoms with Crippen molar-refractivity contribution in [1.82, 2.24) is 0 Å². The Labute approximate surface area is 101 Å². The van der Waals surface area contributed by atoms with E-state index in [1.165, 1.54) is 27.1 Å². The zero-order valence-electron chi connectivity index (χ0n) is 9.85. The van der Waals surface area contributed by atoms with Crippen molar-refractivity contribution in [3.05, 3.63) is 66.2 Å². The Morgan fingerprint density at radius 3 is 2.18 bits per heavy atom. The zero-order valence-corrected chi connectivity index (χ0v) is 9.85. The molecule has 0 aliphatic rings. The van der Waals surface area contributed by atoms with E-state index < -0.39 is 0 Å². The van der Waals surface area contributed by atoms with Gasteiger partial charge in [-0.2, -0.15) is 0 Å². The fourth-order valence-electron chi connectivity index (χ4n) is 2.40. The van der Waals surface area contributed by atoms with Crippen molar-refractivity contribution < 1.29 is 0 Å². The Kier molecular flexibility index (Phi) is 2.41. The average Bonchev–Trinajstić information content (AvgIpc) is 2.39. The molecule has 0 heteroatoms. The van der Waals surface area contributed by atoms with Gasteiger partial charge >= 0.3 is 0 Å². The summed E-state index contributed by atoms with van der Waals surface area (Å²) in [6.07, 6.45) is 4.27. The summed E-state index contributed by atoms with van der Waals surface area (Å²) in [5.74, 6) is 0. The maximum Gasteiger partial charge on any atom is -0.00994 e. The summed E-state index contributed by atoms with van der Waals surface area (Å²) in [5, 5.41) is 5.29. The minimum Gasteiger partial charge on any atom is -0.0870 e. The lowest BCUT2D eigenvalue weighted by molar-refractivity contribution is 1.71. The van der Waals surface area contributed by atoms with Gasteiger partial charge < -0.3 is 0 Å². The minimum atomic E-state index is 1.29. The quantitative estimate of drug-likeness (QED) is 0.503. The SMILES string of the molecule is C/C=C/c1cc2ccccc2c2ccccc12. The fraction of sp³-hybridized carbons (Fsp3) is 0.0588. The van der Waals surface area contributed by atoms with Crippen LogP contribution in [0.2, 0.25) is 0 Å². The number of allylic oxidation sites excluding steroid dienone is 1. The highest BCUT2D eigenvalue weighted by Gasteiger charge is 2.03. The van der Waals surface area contributed by atoms with E-state index in [-0.39, 0.29) is 0 Å². The molecule has 0 N–H and O–H groups in total. The molecule has 0 nitrogen and oxygen atoms in total. The van der Waals surface area contributed by atoms with E-state index in [4.69, 9.17) is 0 Å². The standard InChI is InChI=1S/C17H14/c1-2-7-13-12-14-8-3-4-9-16(14)17-11-6-5-10-15(13)17/h2-12H,1H3/b7-2+. The Morgan fingerprint density at radius 1 is 0.765 bits per heavy atom. The van der Waals surface area contributed by atoms with Crippen LogP contribution in [-0.2, 0) is 0 Å². The second kappa shape index (κ2) is 4.06. The highest BCUT2D eigenvalue weighted by Crippen LogP contribution is 2.29. The van der Waals surface area contributed by atoms with Crippen LogP contribution in [0.15, 0.2) is 60.7 Å². The molecule has 0 saturated carbocycles. The molecule has 17 heavy (non-hydrogen) atoms. The minimum absolute atomic E-state index is 1.29. The van der Waals surface area contributed by atoms with Crippen LogP contribution in [0.4, 0.5) is 0 Å². The van der Waals surface area contributed by atoms with Gasteiger partial charge in [-0.1, -0.05) is 60.7 Å². The molecule has 3 aromatic rings. The molecule has 0 spiro atoms. The van der Waals surface area contributed by atoms with Crippen molar-refractivity contribution in [3.8, 4) is 0 Å². The molecule has 0 atom stereocenters. The molecule has 0 saturated heterocycles. The van der Waals surface area contributed by atoms with Gasteiger partial charge in [-0.05, 0) is 40.1 Å². The molecule has 82 valence electrons. The molecule has 0 aromatic heterocycles. The normalized spacial score (nSPS) is 11.6. The molecular formula is C17H14. The first kappa shape index (κ1) is 10.1. The molecule has 3 rings (SSSR count). The Bertz CT molecular complexity index is 705. The predicted molar refractivity (Wildman–Crippen MR) is 76.2 cm³/mol. The summed E-state index contributed by atoms with van der Waals surface area (Å²) >= 11 is 0. The van der Waals surface area contributed by atoms with E-state index >= 15 is 0 Å². The molecule has 0 heterocycles. The van der Waals surface area contributed by atoms with Gasteiger partial charge in [0.25, 0.3) is 0 Å². The predicted octanol–water partition coefficient (Wildman–Crippen LogP) is 5.03. The van der Waals surface area contributed by atoms with Crippen molar-refractivity contribution in [3.63, 3.8) is 0 Å². The van der Waals surface area contributed by atoms with Crippen molar-refractivity contribution >= 4 is 27.6 Å². The largest absolute Gasteiger partial charge is 0.0870 e. The number of fused-ring (bicyclic) bond motifs is 3. The van der Waals surface area contributed by atoms with Crippen LogP contribution in [0.25, 0.3) is 27.6 Å². The third-order valence-corrected chi connectivity index (χ3v) is 3.15. The molecule has 0 aliphatic carbocycles. The van der Waals surface area contributed by atoms with Gasteiger partial charge in [0.2, 0.25) is 0 Å². The van der Waals surface area contributed by atoms with Crippen LogP contribution in [0.3, 0.4) is 0 Å². The Hall–Kier alpha value is -2.08. The van der Waals surface area contributed by atoms with Crippen molar-refractivity contribution in [2.24, 2.45) is 0 Å². The number of hydrogen-bond acceptors (Lipinski definition) is 0. The van der Waals surface area contributed by atoms with Gasteiger partial charge in [0.15, 0.2) is 0 Å². The zero-order chi connectivity index (χ0) is 11.7. The average molecular weight is 218 g/mol. The molecule has 0 fully saturated rings. The lowest BCUT2D eigenvalue weighted by Gasteiger charge is -2.07. The molecule has 0 amide bonds. The molecule has 0 radical (unpaired) electrons. The van der Waals surface area contributed by atoms with Crippen molar-refractivity contribution in [2.75, 3.05) is 0 Å². The van der Waals surface area contributed by atoms with Crippen LogP contribution in [0.1, 0.15) is 12.5 Å². The first-order valence-corrected chi connectivity index (χ1v) is 5.93. The summed E-state index contributed by atoms with van der Waals surface area (Å²) in [4.78, 5) is 0. The fourth-order valence-corrected chi connectivity index (χ4v) is 2.40. The third kappa shape index (κ3) is 1.62. The van der Waals surface area contributed by atoms with Gasteiger partial charge in [-0.15, -0.1) is 0 Å². The van der Waals surface area contributed by atoms with Crippen LogP contribution in [0.5, 0.6) is 0 Å². The molecule has 0 aliphatic heterocycles. The van der Waals surface area contributed by atoms with Gasteiger partial charge in [0.1, 0.15) is 0 Å². The Balaban J connectivity index is 2.54. The number of rotatable bonds is 1. The van der Waals surface area contributed by atoms with Crippen molar-refractivity contribution in [2.45, 2.75) is 6.92 Å². The molecular weight excluding hydrogens is 204 g/mol. The lowest BCUT2D eigenvalue weighted by Crippen LogP contribution is -1.81. The van der Waals surface area contributed by atoms with E-state index in [9.17, 15) is 0 Å². The monoisotopic (exact) mass is 218 g/mol. The number of benzene rings is 3. The first-order chi connectivity index (χ1) is 8.40. The summed E-state index contributed by atoms with van der Waals surface area (Å²) in [5.41, 5.74) is 1.29. The van der Waals surface area contributed by atoms with Crippen LogP contribution in [0, 0.1) is 0 Å². The van der Waals surface area contributed by atoms with E-state index in [0.29, 0.717) is 0 Å². The summed E-state index contributed by atoms with van der Waals surface area (Å²) in [7, 11) is 0. The van der Waals surface area contributed by atoms with Crippen LogP contribution in [-0.4, -0.2) is 0 Å². The third-order valence-electron chi connectivity index (χ3n) is 3.15. The summed E-state index contributed by atoms with van der Waals surface area (Å²) in [6.45, 7) is 2.06. The van der Waals surface area contributed by atoms with E-state index in [1.54, 1.807) is 0 Å². The van der Waals surface area contributed by atoms with Gasteiger partial charge in [0.05, 0.1) is 0 Å². The van der Waals surface area contributed by atoms with E-state index in [0.717, 1.165) is 0 Å². The lowest BCUT2D eigenvalue weighted by atomic mass is 9.97. The Morgan fingerprint density at radius 2 is 1.41 bits per heavy atom. The maximum atomic E-state index is 2.26. The summed E-state index contributed by atoms with van der Waals surface area (Å²) in [6, 6.07) is 19.4. The number of hydrogen-bond donors (Lipinski definition) is 0. The van der Waals surface area contributed by atoms with Crippen LogP contribution < -0.4 is 0 Å². The highest BCUT2D eigenvalue weighted by molar-refractivity contribution is 6.10. The van der Waals surface area contributed by atoms with Crippen molar-refractivity contribution in [1.29, 1.82) is 0 Å². The first-order valence-electron chi connectivity index (χ1n) is 5.93. The molecule has 3 aromatic carbocycles. The maximum absolute atomic E-state index is 2.26. The highest BCUT2D eigenvalue weighted by atomic mass is 14.1. The second-order valence-electron chi connectivity index (χ2n) is 4.23. The molecule has 0 bridgehead atoms. The smallest absolute Gasteiger partial charge is 0.00994 e. The molecule has 0 unspecified atom stereocenters. The van der Waals surface area contributed by atoms with Gasteiger partial charge in [0, 0.05) is 0 Å². The van der Waals surface area contributed by atoms with Gasteiger partial charge in [-0.3, -0.25) is 0 Å². The van der Waals surface area contributed by atoms with Gasteiger partial charge in [-0.25, -0.2) is 0 Å². The summed E-state index contributed by atoms with van der Waals surface area (Å²) < 4.78 is 0. The van der Waals surface area contributed by atoms with Crippen LogP contribution >= 0.6 is 0 Å². The second-order valence-corrected chi connectivity index (χ2v) is 4.23. The van der Waals surface area contributed by atoms with E-state index in [2.05, 4.69) is 73.7 Å². The van der Waals surface area contributed by atoms with E-state index in [1.807, 2.05) is 0 Å².